The van der Waals surface area contributed by atoms with Crippen molar-refractivity contribution in [3.05, 3.63) is 97.1 Å². The van der Waals surface area contributed by atoms with Crippen LogP contribution in [-0.4, -0.2) is 8.80 Å². The molecule has 0 unspecified atom stereocenters. The Morgan fingerprint density at radius 2 is 0.719 bits per heavy atom. The van der Waals surface area contributed by atoms with E-state index in [1.54, 1.807) is 0 Å². The standard InChI is InChI=1S/C30H16N2/c1-3-13-25-17(7-1)19-9-5-11-21-23-15-24-22-12-6-10-20-18-8-2-4-14-26(18)32(30(20)22)28(24)16-27(23)31(25)29(19)21/h1-16H. The van der Waals surface area contributed by atoms with E-state index in [9.17, 15) is 0 Å². The molecule has 0 saturated heterocycles. The smallest absolute Gasteiger partial charge is 0.0620 e. The van der Waals surface area contributed by atoms with Crippen molar-refractivity contribution in [1.82, 2.24) is 8.80 Å². The van der Waals surface area contributed by atoms with Gasteiger partial charge in [-0.1, -0.05) is 72.8 Å². The van der Waals surface area contributed by atoms with Crippen LogP contribution in [0.5, 0.6) is 0 Å². The van der Waals surface area contributed by atoms with E-state index >= 15 is 0 Å². The molecule has 9 rings (SSSR count). The monoisotopic (exact) mass is 404 g/mol. The van der Waals surface area contributed by atoms with Crippen LogP contribution in [0.15, 0.2) is 97.1 Å². The lowest BCUT2D eigenvalue weighted by molar-refractivity contribution is 1.35. The number of hydrogen-bond donors (Lipinski definition) is 0. The summed E-state index contributed by atoms with van der Waals surface area (Å²) in [5.41, 5.74) is 7.81. The quantitative estimate of drug-likeness (QED) is 0.242. The second kappa shape index (κ2) is 4.95. The van der Waals surface area contributed by atoms with Crippen molar-refractivity contribution in [1.29, 1.82) is 0 Å². The molecule has 4 aromatic heterocycles. The van der Waals surface area contributed by atoms with Crippen LogP contribution in [0, 0.1) is 0 Å². The number of rotatable bonds is 0. The third kappa shape index (κ3) is 1.52. The Bertz CT molecular complexity index is 2030. The number of hydrogen-bond acceptors (Lipinski definition) is 0. The fourth-order valence-electron chi connectivity index (χ4n) is 6.35. The van der Waals surface area contributed by atoms with Gasteiger partial charge in [-0.15, -0.1) is 0 Å². The Kier molecular flexibility index (Phi) is 2.40. The summed E-state index contributed by atoms with van der Waals surface area (Å²) in [6.45, 7) is 0. The summed E-state index contributed by atoms with van der Waals surface area (Å²) in [5, 5.41) is 10.7. The van der Waals surface area contributed by atoms with E-state index in [-0.39, 0.29) is 0 Å². The van der Waals surface area contributed by atoms with Crippen LogP contribution in [0.2, 0.25) is 0 Å². The van der Waals surface area contributed by atoms with Crippen molar-refractivity contribution in [3.8, 4) is 0 Å². The average molecular weight is 404 g/mol. The summed E-state index contributed by atoms with van der Waals surface area (Å²) in [6.07, 6.45) is 0. The summed E-state index contributed by atoms with van der Waals surface area (Å²) < 4.78 is 4.95. The zero-order valence-electron chi connectivity index (χ0n) is 17.1. The highest BCUT2D eigenvalue weighted by Gasteiger charge is 2.21. The number of benzene rings is 5. The lowest BCUT2D eigenvalue weighted by Gasteiger charge is -2.01. The molecule has 2 heteroatoms. The van der Waals surface area contributed by atoms with E-state index in [0.717, 1.165) is 0 Å². The number of para-hydroxylation sites is 4. The van der Waals surface area contributed by atoms with Crippen LogP contribution in [0.1, 0.15) is 0 Å². The van der Waals surface area contributed by atoms with Gasteiger partial charge in [0.05, 0.1) is 33.1 Å². The van der Waals surface area contributed by atoms with Crippen molar-refractivity contribution in [2.24, 2.45) is 0 Å². The maximum atomic E-state index is 2.47. The Labute approximate surface area is 182 Å². The van der Waals surface area contributed by atoms with Gasteiger partial charge in [-0.3, -0.25) is 0 Å². The first-order chi connectivity index (χ1) is 15.9. The third-order valence-corrected chi connectivity index (χ3v) is 7.57. The molecule has 0 radical (unpaired) electrons. The molecule has 0 spiro atoms. The molecule has 9 aromatic rings. The van der Waals surface area contributed by atoms with E-state index in [4.69, 9.17) is 0 Å². The van der Waals surface area contributed by atoms with E-state index in [2.05, 4.69) is 106 Å². The Hall–Kier alpha value is -4.30. The summed E-state index contributed by atoms with van der Waals surface area (Å²) in [6, 6.07) is 35.9. The molecule has 146 valence electrons. The van der Waals surface area contributed by atoms with Gasteiger partial charge in [-0.05, 0) is 24.3 Å². The average Bonchev–Trinajstić information content (AvgIpc) is 3.56. The molecule has 0 bridgehead atoms. The molecule has 0 amide bonds. The van der Waals surface area contributed by atoms with Crippen molar-refractivity contribution in [2.75, 3.05) is 0 Å². The fourth-order valence-corrected chi connectivity index (χ4v) is 6.35. The van der Waals surface area contributed by atoms with Crippen LogP contribution in [0.3, 0.4) is 0 Å². The Morgan fingerprint density at radius 1 is 0.312 bits per heavy atom. The first-order valence-electron chi connectivity index (χ1n) is 11.1. The molecule has 2 nitrogen and oxygen atoms in total. The minimum absolute atomic E-state index is 1.28. The van der Waals surface area contributed by atoms with Crippen molar-refractivity contribution >= 4 is 76.2 Å². The normalized spacial score (nSPS) is 13.0. The molecule has 0 aliphatic carbocycles. The predicted octanol–water partition coefficient (Wildman–Crippen LogP) is 7.99. The van der Waals surface area contributed by atoms with Crippen LogP contribution in [0.4, 0.5) is 0 Å². The van der Waals surface area contributed by atoms with Gasteiger partial charge >= 0.3 is 0 Å². The SMILES string of the molecule is c1ccc2c(c1)c1cccc3c4cc5c6cccc7c8ccccc8n(c5cc4n2c13)c76. The molecule has 5 aromatic carbocycles. The van der Waals surface area contributed by atoms with Gasteiger partial charge in [-0.25, -0.2) is 0 Å². The maximum absolute atomic E-state index is 2.47. The Morgan fingerprint density at radius 3 is 1.22 bits per heavy atom. The number of fused-ring (bicyclic) bond motifs is 12. The van der Waals surface area contributed by atoms with Crippen molar-refractivity contribution < 1.29 is 0 Å². The van der Waals surface area contributed by atoms with Gasteiger partial charge < -0.3 is 8.80 Å². The molecular formula is C30H16N2. The largest absolute Gasteiger partial charge is 0.308 e. The van der Waals surface area contributed by atoms with Gasteiger partial charge in [0.1, 0.15) is 0 Å². The first kappa shape index (κ1) is 15.5. The van der Waals surface area contributed by atoms with Crippen LogP contribution in [0.25, 0.3) is 76.2 Å². The second-order valence-corrected chi connectivity index (χ2v) is 9.00. The van der Waals surface area contributed by atoms with Gasteiger partial charge in [-0.2, -0.15) is 0 Å². The summed E-state index contributed by atoms with van der Waals surface area (Å²) in [4.78, 5) is 0. The third-order valence-electron chi connectivity index (χ3n) is 7.57. The second-order valence-electron chi connectivity index (χ2n) is 9.00. The van der Waals surface area contributed by atoms with E-state index < -0.39 is 0 Å². The zero-order valence-corrected chi connectivity index (χ0v) is 17.1. The van der Waals surface area contributed by atoms with Gasteiger partial charge in [0.15, 0.2) is 0 Å². The van der Waals surface area contributed by atoms with E-state index in [1.165, 1.54) is 76.2 Å². The van der Waals surface area contributed by atoms with Crippen LogP contribution < -0.4 is 0 Å². The molecule has 4 heterocycles. The topological polar surface area (TPSA) is 8.82 Å². The molecule has 0 aliphatic heterocycles. The number of aromatic nitrogens is 2. The lowest BCUT2D eigenvalue weighted by atomic mass is 10.0. The molecule has 0 N–H and O–H groups in total. The molecule has 0 aliphatic rings. The molecule has 0 atom stereocenters. The summed E-state index contributed by atoms with van der Waals surface area (Å²) >= 11 is 0. The van der Waals surface area contributed by atoms with E-state index in [1.807, 2.05) is 0 Å². The van der Waals surface area contributed by atoms with Crippen LogP contribution in [-0.2, 0) is 0 Å². The molecule has 0 saturated carbocycles. The highest BCUT2D eigenvalue weighted by molar-refractivity contribution is 6.28. The highest BCUT2D eigenvalue weighted by atomic mass is 14.9. The Balaban J connectivity index is 1.64. The predicted molar refractivity (Wildman–Crippen MR) is 136 cm³/mol. The van der Waals surface area contributed by atoms with E-state index in [0.29, 0.717) is 0 Å². The number of nitrogens with zero attached hydrogens (tertiary/aromatic N) is 2. The fraction of sp³-hybridized carbons (Fsp3) is 0. The molecular weight excluding hydrogens is 388 g/mol. The first-order valence-corrected chi connectivity index (χ1v) is 11.1. The van der Waals surface area contributed by atoms with Crippen LogP contribution >= 0.6 is 0 Å². The van der Waals surface area contributed by atoms with Crippen molar-refractivity contribution in [3.63, 3.8) is 0 Å². The minimum atomic E-state index is 1.28. The van der Waals surface area contributed by atoms with Crippen molar-refractivity contribution in [2.45, 2.75) is 0 Å². The zero-order chi connectivity index (χ0) is 20.6. The lowest BCUT2D eigenvalue weighted by Crippen LogP contribution is -1.83. The highest BCUT2D eigenvalue weighted by Crippen LogP contribution is 2.44. The molecule has 32 heavy (non-hydrogen) atoms. The van der Waals surface area contributed by atoms with Gasteiger partial charge in [0.25, 0.3) is 0 Å². The minimum Gasteiger partial charge on any atom is -0.308 e. The maximum Gasteiger partial charge on any atom is 0.0620 e. The molecule has 0 fully saturated rings. The summed E-state index contributed by atoms with van der Waals surface area (Å²) in [5.74, 6) is 0. The van der Waals surface area contributed by atoms with Gasteiger partial charge in [0.2, 0.25) is 0 Å². The summed E-state index contributed by atoms with van der Waals surface area (Å²) in [7, 11) is 0. The van der Waals surface area contributed by atoms with Gasteiger partial charge in [0, 0.05) is 43.1 Å².